The third kappa shape index (κ3) is 5.55. The number of nitrogens with one attached hydrogen (secondary N) is 2. The Labute approximate surface area is 187 Å². The summed E-state index contributed by atoms with van der Waals surface area (Å²) >= 11 is 0. The Balaban J connectivity index is 1.95. The van der Waals surface area contributed by atoms with Crippen molar-refractivity contribution in [1.29, 1.82) is 0 Å². The maximum absolute atomic E-state index is 13.1. The van der Waals surface area contributed by atoms with Crippen molar-refractivity contribution in [3.63, 3.8) is 0 Å². The Morgan fingerprint density at radius 3 is 2.22 bits per heavy atom. The van der Waals surface area contributed by atoms with E-state index in [4.69, 9.17) is 9.47 Å². The topological polar surface area (TPSA) is 76.7 Å². The Bertz CT molecular complexity index is 1150. The van der Waals surface area contributed by atoms with E-state index in [-0.39, 0.29) is 11.6 Å². The quantitative estimate of drug-likeness (QED) is 0.531. The lowest BCUT2D eigenvalue weighted by atomic mass is 10.1. The van der Waals surface area contributed by atoms with Gasteiger partial charge in [-0.2, -0.15) is 0 Å². The number of methoxy groups -OCH3 is 2. The molecule has 3 aromatic rings. The molecule has 2 N–H and O–H groups in total. The second kappa shape index (κ2) is 10.3. The van der Waals surface area contributed by atoms with Crippen LogP contribution < -0.4 is 20.1 Å². The van der Waals surface area contributed by atoms with E-state index in [2.05, 4.69) is 10.6 Å². The summed E-state index contributed by atoms with van der Waals surface area (Å²) in [5.74, 6) is 0.271. The number of rotatable bonds is 7. The van der Waals surface area contributed by atoms with Crippen molar-refractivity contribution >= 4 is 23.6 Å². The van der Waals surface area contributed by atoms with E-state index in [9.17, 15) is 9.59 Å². The van der Waals surface area contributed by atoms with Crippen molar-refractivity contribution < 1.29 is 19.1 Å². The van der Waals surface area contributed by atoms with Gasteiger partial charge in [-0.05, 0) is 61.4 Å². The maximum Gasteiger partial charge on any atom is 0.272 e. The highest BCUT2D eigenvalue weighted by molar-refractivity contribution is 6.10. The van der Waals surface area contributed by atoms with Crippen molar-refractivity contribution in [3.05, 3.63) is 94.7 Å². The second-order valence-electron chi connectivity index (χ2n) is 7.27. The van der Waals surface area contributed by atoms with Crippen LogP contribution in [-0.4, -0.2) is 26.0 Å². The molecule has 0 aliphatic heterocycles. The van der Waals surface area contributed by atoms with Gasteiger partial charge in [-0.15, -0.1) is 0 Å². The SMILES string of the molecule is COc1ccc(/C=C(/NC(=O)c2ccccc2)C(=O)Nc2ccc(C)cc2C)cc1OC. The van der Waals surface area contributed by atoms with E-state index >= 15 is 0 Å². The third-order valence-corrected chi connectivity index (χ3v) is 4.88. The zero-order valence-electron chi connectivity index (χ0n) is 18.6. The smallest absolute Gasteiger partial charge is 0.272 e. The van der Waals surface area contributed by atoms with Gasteiger partial charge < -0.3 is 20.1 Å². The zero-order chi connectivity index (χ0) is 23.1. The number of ether oxygens (including phenoxy) is 2. The monoisotopic (exact) mass is 430 g/mol. The molecule has 0 atom stereocenters. The van der Waals surface area contributed by atoms with E-state index in [0.29, 0.717) is 28.3 Å². The van der Waals surface area contributed by atoms with Gasteiger partial charge in [0.2, 0.25) is 0 Å². The van der Waals surface area contributed by atoms with Crippen LogP contribution in [0.25, 0.3) is 6.08 Å². The van der Waals surface area contributed by atoms with Gasteiger partial charge in [0.15, 0.2) is 11.5 Å². The van der Waals surface area contributed by atoms with Crippen LogP contribution in [-0.2, 0) is 4.79 Å². The fourth-order valence-corrected chi connectivity index (χ4v) is 3.20. The summed E-state index contributed by atoms with van der Waals surface area (Å²) in [6, 6.07) is 19.7. The molecule has 0 unspecified atom stereocenters. The minimum Gasteiger partial charge on any atom is -0.493 e. The number of amides is 2. The molecule has 0 spiro atoms. The molecule has 3 aromatic carbocycles. The summed E-state index contributed by atoms with van der Waals surface area (Å²) in [7, 11) is 3.09. The number of aryl methyl sites for hydroxylation is 2. The van der Waals surface area contributed by atoms with E-state index in [1.807, 2.05) is 38.1 Å². The van der Waals surface area contributed by atoms with E-state index in [0.717, 1.165) is 11.1 Å². The van der Waals surface area contributed by atoms with Crippen LogP contribution in [0, 0.1) is 13.8 Å². The van der Waals surface area contributed by atoms with Gasteiger partial charge in [0.1, 0.15) is 5.70 Å². The summed E-state index contributed by atoms with van der Waals surface area (Å²) in [5, 5.41) is 5.62. The standard InChI is InChI=1S/C26H26N2O4/c1-17-10-12-21(18(2)14-17)27-26(30)22(28-25(29)20-8-6-5-7-9-20)15-19-11-13-23(31-3)24(16-19)32-4/h5-16H,1-4H3,(H,27,30)(H,28,29)/b22-15+. The predicted octanol–water partition coefficient (Wildman–Crippen LogP) is 4.73. The molecule has 0 radical (unpaired) electrons. The Morgan fingerprint density at radius 1 is 0.844 bits per heavy atom. The first-order valence-corrected chi connectivity index (χ1v) is 10.1. The van der Waals surface area contributed by atoms with E-state index in [1.165, 1.54) is 7.11 Å². The van der Waals surface area contributed by atoms with Crippen molar-refractivity contribution in [3.8, 4) is 11.5 Å². The molecule has 164 valence electrons. The second-order valence-corrected chi connectivity index (χ2v) is 7.27. The Morgan fingerprint density at radius 2 is 1.56 bits per heavy atom. The van der Waals surface area contributed by atoms with Gasteiger partial charge in [0.05, 0.1) is 14.2 Å². The first-order valence-electron chi connectivity index (χ1n) is 10.1. The van der Waals surface area contributed by atoms with Gasteiger partial charge in [-0.3, -0.25) is 9.59 Å². The van der Waals surface area contributed by atoms with Crippen LogP contribution in [0.4, 0.5) is 5.69 Å². The maximum atomic E-state index is 13.1. The van der Waals surface area contributed by atoms with Crippen LogP contribution in [0.1, 0.15) is 27.0 Å². The number of hydrogen-bond donors (Lipinski definition) is 2. The molecule has 6 heteroatoms. The van der Waals surface area contributed by atoms with E-state index in [1.54, 1.807) is 55.7 Å². The molecule has 2 amide bonds. The number of hydrogen-bond acceptors (Lipinski definition) is 4. The highest BCUT2D eigenvalue weighted by Gasteiger charge is 2.16. The van der Waals surface area contributed by atoms with Crippen molar-refractivity contribution in [2.45, 2.75) is 13.8 Å². The van der Waals surface area contributed by atoms with Crippen molar-refractivity contribution in [1.82, 2.24) is 5.32 Å². The fourth-order valence-electron chi connectivity index (χ4n) is 3.20. The summed E-state index contributed by atoms with van der Waals surface area (Å²) in [6.45, 7) is 3.91. The van der Waals surface area contributed by atoms with Gasteiger partial charge >= 0.3 is 0 Å². The summed E-state index contributed by atoms with van der Waals surface area (Å²) in [5.41, 5.74) is 3.92. The summed E-state index contributed by atoms with van der Waals surface area (Å²) in [4.78, 5) is 25.9. The molecule has 0 bridgehead atoms. The molecular formula is C26H26N2O4. The zero-order valence-corrected chi connectivity index (χ0v) is 18.6. The largest absolute Gasteiger partial charge is 0.493 e. The van der Waals surface area contributed by atoms with Crippen LogP contribution in [0.15, 0.2) is 72.4 Å². The molecule has 0 aliphatic rings. The first kappa shape index (κ1) is 22.6. The number of carbonyl (C=O) groups excluding carboxylic acids is 2. The Hall–Kier alpha value is -4.06. The fraction of sp³-hybridized carbons (Fsp3) is 0.154. The molecule has 0 saturated carbocycles. The van der Waals surface area contributed by atoms with Gasteiger partial charge in [0, 0.05) is 11.3 Å². The highest BCUT2D eigenvalue weighted by atomic mass is 16.5. The molecule has 0 fully saturated rings. The van der Waals surface area contributed by atoms with Gasteiger partial charge in [0.25, 0.3) is 11.8 Å². The molecule has 32 heavy (non-hydrogen) atoms. The van der Waals surface area contributed by atoms with Crippen molar-refractivity contribution in [2.24, 2.45) is 0 Å². The average molecular weight is 431 g/mol. The van der Waals surface area contributed by atoms with Crippen LogP contribution in [0.3, 0.4) is 0 Å². The van der Waals surface area contributed by atoms with Gasteiger partial charge in [-0.25, -0.2) is 0 Å². The number of carbonyl (C=O) groups is 2. The molecule has 0 heterocycles. The van der Waals surface area contributed by atoms with Crippen LogP contribution in [0.2, 0.25) is 0 Å². The molecule has 0 saturated heterocycles. The molecular weight excluding hydrogens is 404 g/mol. The molecule has 0 aliphatic carbocycles. The minimum absolute atomic E-state index is 0.103. The molecule has 0 aromatic heterocycles. The van der Waals surface area contributed by atoms with Crippen molar-refractivity contribution in [2.75, 3.05) is 19.5 Å². The highest BCUT2D eigenvalue weighted by Crippen LogP contribution is 2.28. The predicted molar refractivity (Wildman–Crippen MR) is 126 cm³/mol. The van der Waals surface area contributed by atoms with Crippen LogP contribution in [0.5, 0.6) is 11.5 Å². The summed E-state index contributed by atoms with van der Waals surface area (Å²) in [6.07, 6.45) is 1.60. The number of anilines is 1. The molecule has 3 rings (SSSR count). The Kier molecular flexibility index (Phi) is 7.29. The third-order valence-electron chi connectivity index (χ3n) is 4.88. The number of benzene rings is 3. The van der Waals surface area contributed by atoms with Gasteiger partial charge in [-0.1, -0.05) is 42.0 Å². The van der Waals surface area contributed by atoms with E-state index < -0.39 is 5.91 Å². The lowest BCUT2D eigenvalue weighted by molar-refractivity contribution is -0.113. The minimum atomic E-state index is -0.434. The first-order chi connectivity index (χ1) is 15.4. The average Bonchev–Trinajstić information content (AvgIpc) is 2.80. The lowest BCUT2D eigenvalue weighted by Gasteiger charge is -2.14. The molecule has 6 nitrogen and oxygen atoms in total. The van der Waals surface area contributed by atoms with Crippen LogP contribution >= 0.6 is 0 Å². The summed E-state index contributed by atoms with van der Waals surface area (Å²) < 4.78 is 10.6. The normalized spacial score (nSPS) is 10.9. The lowest BCUT2D eigenvalue weighted by Crippen LogP contribution is -2.30.